The van der Waals surface area contributed by atoms with E-state index in [0.29, 0.717) is 10.6 Å². The number of para-hydroxylation sites is 1. The molecule has 0 aliphatic carbocycles. The summed E-state index contributed by atoms with van der Waals surface area (Å²) >= 11 is 6.00. The maximum atomic E-state index is 12.5. The van der Waals surface area contributed by atoms with Gasteiger partial charge in [0.25, 0.3) is 5.91 Å². The number of carbonyl (C=O) groups is 2. The van der Waals surface area contributed by atoms with E-state index in [1.54, 1.807) is 13.1 Å². The molecule has 1 amide bonds. The molecule has 0 radical (unpaired) electrons. The van der Waals surface area contributed by atoms with Gasteiger partial charge in [-0.3, -0.25) is 4.79 Å². The molecule has 0 saturated carbocycles. The van der Waals surface area contributed by atoms with Crippen molar-refractivity contribution in [2.45, 2.75) is 19.4 Å². The number of benzene rings is 2. The number of rotatable bonds is 5. The molecule has 3 aromatic rings. The summed E-state index contributed by atoms with van der Waals surface area (Å²) in [5, 5.41) is 23.2. The van der Waals surface area contributed by atoms with Crippen LogP contribution >= 0.6 is 11.6 Å². The Kier molecular flexibility index (Phi) is 4.86. The summed E-state index contributed by atoms with van der Waals surface area (Å²) in [7, 11) is 0. The first-order chi connectivity index (χ1) is 12.4. The fourth-order valence-corrected chi connectivity index (χ4v) is 3.07. The topological polar surface area (TPSA) is 102 Å². The number of carboxylic acid groups (broad SMARTS) is 1. The summed E-state index contributed by atoms with van der Waals surface area (Å²) in [6.07, 6.45) is 1.83. The Hall–Kier alpha value is -2.99. The highest BCUT2D eigenvalue weighted by molar-refractivity contribution is 6.32. The van der Waals surface area contributed by atoms with Crippen LogP contribution in [0.1, 0.15) is 21.5 Å². The first-order valence-corrected chi connectivity index (χ1v) is 8.33. The van der Waals surface area contributed by atoms with Gasteiger partial charge in [0.05, 0.1) is 5.56 Å². The molecule has 0 aliphatic rings. The van der Waals surface area contributed by atoms with Crippen LogP contribution in [0.25, 0.3) is 10.9 Å². The summed E-state index contributed by atoms with van der Waals surface area (Å²) in [6.45, 7) is 1.59. The molecule has 1 aromatic heterocycles. The third-order valence-corrected chi connectivity index (χ3v) is 4.72. The summed E-state index contributed by atoms with van der Waals surface area (Å²) in [5.74, 6) is -2.10. The number of fused-ring (bicyclic) bond motifs is 1. The first kappa shape index (κ1) is 17.8. The van der Waals surface area contributed by atoms with Crippen molar-refractivity contribution in [2.24, 2.45) is 0 Å². The van der Waals surface area contributed by atoms with E-state index < -0.39 is 17.9 Å². The number of aromatic amines is 1. The molecule has 1 unspecified atom stereocenters. The molecule has 6 nitrogen and oxygen atoms in total. The lowest BCUT2D eigenvalue weighted by Crippen LogP contribution is -2.42. The van der Waals surface area contributed by atoms with E-state index in [2.05, 4.69) is 10.3 Å². The number of aromatic nitrogens is 1. The van der Waals surface area contributed by atoms with Crippen LogP contribution in [-0.4, -0.2) is 33.1 Å². The number of hydrogen-bond acceptors (Lipinski definition) is 3. The zero-order valence-electron chi connectivity index (χ0n) is 13.9. The summed E-state index contributed by atoms with van der Waals surface area (Å²) in [4.78, 5) is 27.3. The van der Waals surface area contributed by atoms with Crippen molar-refractivity contribution in [2.75, 3.05) is 0 Å². The largest absolute Gasteiger partial charge is 0.507 e. The summed E-state index contributed by atoms with van der Waals surface area (Å²) < 4.78 is 0. The maximum absolute atomic E-state index is 12.5. The molecule has 0 aliphatic heterocycles. The van der Waals surface area contributed by atoms with Gasteiger partial charge in [-0.2, -0.15) is 0 Å². The van der Waals surface area contributed by atoms with Crippen LogP contribution in [0, 0.1) is 6.92 Å². The zero-order valence-corrected chi connectivity index (χ0v) is 14.7. The van der Waals surface area contributed by atoms with E-state index in [1.165, 1.54) is 12.1 Å². The first-order valence-electron chi connectivity index (χ1n) is 7.95. The number of aromatic hydroxyl groups is 1. The van der Waals surface area contributed by atoms with Crippen molar-refractivity contribution in [1.82, 2.24) is 10.3 Å². The zero-order chi connectivity index (χ0) is 18.8. The lowest BCUT2D eigenvalue weighted by Gasteiger charge is -2.16. The van der Waals surface area contributed by atoms with Crippen LogP contribution in [0.5, 0.6) is 5.75 Å². The van der Waals surface area contributed by atoms with E-state index >= 15 is 0 Å². The molecule has 0 saturated heterocycles. The number of phenolic OH excluding ortho intramolecular Hbond substituents is 1. The fourth-order valence-electron chi connectivity index (χ4n) is 2.91. The van der Waals surface area contributed by atoms with Crippen LogP contribution in [0.15, 0.2) is 42.6 Å². The SMILES string of the molecule is Cc1c(Cl)ccc(O)c1C(=O)NC(Cc1c[nH]c2ccccc12)C(=O)O. The van der Waals surface area contributed by atoms with Crippen LogP contribution in [-0.2, 0) is 11.2 Å². The number of phenols is 1. The number of nitrogens with one attached hydrogen (secondary N) is 2. The maximum Gasteiger partial charge on any atom is 0.326 e. The Balaban J connectivity index is 1.87. The highest BCUT2D eigenvalue weighted by atomic mass is 35.5. The quantitative estimate of drug-likeness (QED) is 0.552. The predicted octanol–water partition coefficient (Wildman–Crippen LogP) is 3.26. The van der Waals surface area contributed by atoms with Gasteiger partial charge >= 0.3 is 5.97 Å². The molecule has 4 N–H and O–H groups in total. The van der Waals surface area contributed by atoms with E-state index in [1.807, 2.05) is 24.3 Å². The fraction of sp³-hybridized carbons (Fsp3) is 0.158. The minimum atomic E-state index is -1.16. The van der Waals surface area contributed by atoms with Crippen LogP contribution < -0.4 is 5.32 Å². The molecule has 2 aromatic carbocycles. The van der Waals surface area contributed by atoms with Gasteiger partial charge in [-0.25, -0.2) is 4.79 Å². The Morgan fingerprint density at radius 2 is 1.96 bits per heavy atom. The average Bonchev–Trinajstić information content (AvgIpc) is 3.01. The van der Waals surface area contributed by atoms with Crippen molar-refractivity contribution in [1.29, 1.82) is 0 Å². The predicted molar refractivity (Wildman–Crippen MR) is 98.7 cm³/mol. The molecular formula is C19H17ClN2O4. The van der Waals surface area contributed by atoms with Gasteiger partial charge < -0.3 is 20.5 Å². The number of aliphatic carboxylic acids is 1. The van der Waals surface area contributed by atoms with Gasteiger partial charge in [0.15, 0.2) is 0 Å². The monoisotopic (exact) mass is 372 g/mol. The number of carboxylic acids is 1. The van der Waals surface area contributed by atoms with Gasteiger partial charge in [-0.1, -0.05) is 29.8 Å². The van der Waals surface area contributed by atoms with Gasteiger partial charge in [0.1, 0.15) is 11.8 Å². The molecule has 1 heterocycles. The second-order valence-corrected chi connectivity index (χ2v) is 6.40. The van der Waals surface area contributed by atoms with Gasteiger partial charge in [-0.15, -0.1) is 0 Å². The third-order valence-electron chi connectivity index (χ3n) is 4.31. The van der Waals surface area contributed by atoms with E-state index in [-0.39, 0.29) is 17.7 Å². The molecule has 3 rings (SSSR count). The number of hydrogen-bond donors (Lipinski definition) is 4. The molecule has 26 heavy (non-hydrogen) atoms. The van der Waals surface area contributed by atoms with Crippen LogP contribution in [0.4, 0.5) is 0 Å². The highest BCUT2D eigenvalue weighted by Gasteiger charge is 2.25. The van der Waals surface area contributed by atoms with Crippen molar-refractivity contribution in [3.8, 4) is 5.75 Å². The standard InChI is InChI=1S/C19H17ClN2O4/c1-10-13(20)6-7-16(23)17(10)18(24)22-15(19(25)26)8-11-9-21-14-5-3-2-4-12(11)14/h2-7,9,15,21,23H,8H2,1H3,(H,22,24)(H,25,26). The van der Waals surface area contributed by atoms with Gasteiger partial charge in [-0.05, 0) is 36.2 Å². The summed E-state index contributed by atoms with van der Waals surface area (Å²) in [6, 6.07) is 9.14. The Morgan fingerprint density at radius 1 is 1.23 bits per heavy atom. The number of H-pyrrole nitrogens is 1. The molecular weight excluding hydrogens is 356 g/mol. The smallest absolute Gasteiger partial charge is 0.326 e. The number of carbonyl (C=O) groups excluding carboxylic acids is 1. The second-order valence-electron chi connectivity index (χ2n) is 5.99. The average molecular weight is 373 g/mol. The molecule has 134 valence electrons. The van der Waals surface area contributed by atoms with Crippen LogP contribution in [0.3, 0.4) is 0 Å². The normalized spacial score (nSPS) is 12.1. The second kappa shape index (κ2) is 7.09. The van der Waals surface area contributed by atoms with Gasteiger partial charge in [0.2, 0.25) is 0 Å². The lowest BCUT2D eigenvalue weighted by molar-refractivity contribution is -0.139. The van der Waals surface area contributed by atoms with Crippen molar-refractivity contribution in [3.63, 3.8) is 0 Å². The number of halogens is 1. The highest BCUT2D eigenvalue weighted by Crippen LogP contribution is 2.27. The van der Waals surface area contributed by atoms with Gasteiger partial charge in [0, 0.05) is 28.5 Å². The summed E-state index contributed by atoms with van der Waals surface area (Å²) in [5.41, 5.74) is 2.03. The third kappa shape index (κ3) is 3.36. The molecule has 1 atom stereocenters. The minimum Gasteiger partial charge on any atom is -0.507 e. The van der Waals surface area contributed by atoms with Crippen molar-refractivity contribution in [3.05, 3.63) is 64.3 Å². The molecule has 0 bridgehead atoms. The Labute approximate surface area is 154 Å². The molecule has 0 spiro atoms. The minimum absolute atomic E-state index is 0.0253. The van der Waals surface area contributed by atoms with Crippen LogP contribution in [0.2, 0.25) is 5.02 Å². The van der Waals surface area contributed by atoms with Crippen molar-refractivity contribution >= 4 is 34.4 Å². The van der Waals surface area contributed by atoms with E-state index in [0.717, 1.165) is 16.5 Å². The molecule has 7 heteroatoms. The Morgan fingerprint density at radius 3 is 2.69 bits per heavy atom. The van der Waals surface area contributed by atoms with E-state index in [9.17, 15) is 19.8 Å². The van der Waals surface area contributed by atoms with E-state index in [4.69, 9.17) is 11.6 Å². The number of amides is 1. The molecule has 0 fully saturated rings. The lowest BCUT2D eigenvalue weighted by atomic mass is 10.0. The van der Waals surface area contributed by atoms with Crippen molar-refractivity contribution < 1.29 is 19.8 Å². The Bertz CT molecular complexity index is 996.